The summed E-state index contributed by atoms with van der Waals surface area (Å²) < 4.78 is 4.80. The van der Waals surface area contributed by atoms with Gasteiger partial charge >= 0.3 is 5.97 Å². The lowest BCUT2D eigenvalue weighted by atomic mass is 9.77. The van der Waals surface area contributed by atoms with Crippen LogP contribution in [0.2, 0.25) is 0 Å². The van der Waals surface area contributed by atoms with Crippen molar-refractivity contribution in [3.63, 3.8) is 0 Å². The maximum atomic E-state index is 11.6. The fraction of sp³-hybridized carbons (Fsp3) is 0.833. The van der Waals surface area contributed by atoms with Crippen LogP contribution in [-0.4, -0.2) is 36.2 Å². The summed E-state index contributed by atoms with van der Waals surface area (Å²) in [5.41, 5.74) is -1.06. The molecular formula is C12H21NO4. The summed E-state index contributed by atoms with van der Waals surface area (Å²) in [5, 5.41) is 12.0. The monoisotopic (exact) mass is 243 g/mol. The highest BCUT2D eigenvalue weighted by Crippen LogP contribution is 2.32. The van der Waals surface area contributed by atoms with Crippen molar-refractivity contribution in [2.45, 2.75) is 44.6 Å². The number of hydrogen-bond donors (Lipinski definition) is 2. The molecule has 98 valence electrons. The molecule has 1 aliphatic carbocycles. The van der Waals surface area contributed by atoms with Gasteiger partial charge in [0, 0.05) is 13.5 Å². The topological polar surface area (TPSA) is 75.6 Å². The summed E-state index contributed by atoms with van der Waals surface area (Å²) in [6, 6.07) is 0. The van der Waals surface area contributed by atoms with E-state index < -0.39 is 11.5 Å². The number of hydrogen-bond acceptors (Lipinski definition) is 3. The fourth-order valence-electron chi connectivity index (χ4n) is 2.17. The van der Waals surface area contributed by atoms with E-state index in [-0.39, 0.29) is 12.3 Å². The molecular weight excluding hydrogens is 222 g/mol. The van der Waals surface area contributed by atoms with E-state index in [1.54, 1.807) is 0 Å². The van der Waals surface area contributed by atoms with Crippen molar-refractivity contribution < 1.29 is 19.4 Å². The van der Waals surface area contributed by atoms with Gasteiger partial charge in [-0.3, -0.25) is 4.79 Å². The van der Waals surface area contributed by atoms with Crippen LogP contribution in [0.15, 0.2) is 0 Å². The molecule has 0 unspecified atom stereocenters. The zero-order valence-corrected chi connectivity index (χ0v) is 10.5. The Bertz CT molecular complexity index is 282. The number of nitrogens with one attached hydrogen (secondary N) is 1. The second kappa shape index (κ2) is 6.00. The van der Waals surface area contributed by atoms with Gasteiger partial charge in [-0.1, -0.05) is 6.92 Å². The molecule has 0 aliphatic heterocycles. The van der Waals surface area contributed by atoms with E-state index in [1.807, 2.05) is 0 Å². The molecule has 5 nitrogen and oxygen atoms in total. The molecule has 0 aromatic heterocycles. The summed E-state index contributed by atoms with van der Waals surface area (Å²) in [4.78, 5) is 23.0. The first kappa shape index (κ1) is 14.0. The molecule has 0 aromatic carbocycles. The highest BCUT2D eigenvalue weighted by Gasteiger charge is 2.42. The van der Waals surface area contributed by atoms with Crippen molar-refractivity contribution in [1.29, 1.82) is 0 Å². The summed E-state index contributed by atoms with van der Waals surface area (Å²) >= 11 is 0. The number of rotatable bonds is 5. The van der Waals surface area contributed by atoms with Crippen molar-refractivity contribution in [2.24, 2.45) is 5.92 Å². The second-order valence-corrected chi connectivity index (χ2v) is 4.86. The Kier molecular flexibility index (Phi) is 4.93. The lowest BCUT2D eigenvalue weighted by Crippen LogP contribution is -2.56. The van der Waals surface area contributed by atoms with Gasteiger partial charge in [0.1, 0.15) is 5.54 Å². The number of amides is 1. The molecule has 1 aliphatic rings. The molecule has 0 heterocycles. The Hall–Kier alpha value is -1.10. The quantitative estimate of drug-likeness (QED) is 0.760. The molecule has 17 heavy (non-hydrogen) atoms. The van der Waals surface area contributed by atoms with Crippen LogP contribution in [0.4, 0.5) is 0 Å². The van der Waals surface area contributed by atoms with Gasteiger partial charge in [0.05, 0.1) is 6.61 Å². The molecule has 1 fully saturated rings. The highest BCUT2D eigenvalue weighted by atomic mass is 16.5. The van der Waals surface area contributed by atoms with Crippen LogP contribution in [-0.2, 0) is 14.3 Å². The summed E-state index contributed by atoms with van der Waals surface area (Å²) in [5.74, 6) is -0.627. The van der Waals surface area contributed by atoms with E-state index in [1.165, 1.54) is 7.11 Å². The zero-order chi connectivity index (χ0) is 12.9. The predicted octanol–water partition coefficient (Wildman–Crippen LogP) is 1.17. The maximum absolute atomic E-state index is 11.6. The Morgan fingerprint density at radius 2 is 2.00 bits per heavy atom. The Morgan fingerprint density at radius 1 is 1.41 bits per heavy atom. The molecule has 5 heteroatoms. The maximum Gasteiger partial charge on any atom is 0.329 e. The number of aliphatic carboxylic acids is 1. The first-order valence-electron chi connectivity index (χ1n) is 6.03. The zero-order valence-electron chi connectivity index (χ0n) is 10.5. The third kappa shape index (κ3) is 3.70. The Balaban J connectivity index is 2.60. The van der Waals surface area contributed by atoms with Gasteiger partial charge in [0.15, 0.2) is 0 Å². The van der Waals surface area contributed by atoms with E-state index in [0.29, 0.717) is 25.4 Å². The van der Waals surface area contributed by atoms with E-state index in [9.17, 15) is 14.7 Å². The molecule has 1 amide bonds. The average molecular weight is 243 g/mol. The minimum atomic E-state index is -1.06. The second-order valence-electron chi connectivity index (χ2n) is 4.86. The van der Waals surface area contributed by atoms with Gasteiger partial charge < -0.3 is 15.2 Å². The molecule has 2 N–H and O–H groups in total. The van der Waals surface area contributed by atoms with E-state index in [2.05, 4.69) is 12.2 Å². The number of carbonyl (C=O) groups excluding carboxylic acids is 1. The molecule has 1 saturated carbocycles. The number of carboxylic acids is 1. The van der Waals surface area contributed by atoms with Crippen LogP contribution in [0.5, 0.6) is 0 Å². The fourth-order valence-corrected chi connectivity index (χ4v) is 2.17. The van der Waals surface area contributed by atoms with Crippen molar-refractivity contribution in [2.75, 3.05) is 13.7 Å². The summed E-state index contributed by atoms with van der Waals surface area (Å²) in [6.45, 7) is 2.43. The van der Waals surface area contributed by atoms with Crippen LogP contribution in [0.1, 0.15) is 39.0 Å². The van der Waals surface area contributed by atoms with Gasteiger partial charge in [-0.05, 0) is 31.6 Å². The minimum Gasteiger partial charge on any atom is -0.480 e. The van der Waals surface area contributed by atoms with Crippen molar-refractivity contribution in [1.82, 2.24) is 5.32 Å². The van der Waals surface area contributed by atoms with Gasteiger partial charge in [-0.15, -0.1) is 0 Å². The SMILES string of the molecule is COCCC(=O)NC1(C(=O)O)CCC(C)CC1. The van der Waals surface area contributed by atoms with Crippen molar-refractivity contribution in [3.05, 3.63) is 0 Å². The lowest BCUT2D eigenvalue weighted by molar-refractivity contribution is -0.149. The van der Waals surface area contributed by atoms with Gasteiger partial charge in [0.25, 0.3) is 0 Å². The van der Waals surface area contributed by atoms with Crippen LogP contribution in [0, 0.1) is 5.92 Å². The molecule has 1 rings (SSSR count). The highest BCUT2D eigenvalue weighted by molar-refractivity contribution is 5.87. The smallest absolute Gasteiger partial charge is 0.329 e. The molecule has 0 atom stereocenters. The van der Waals surface area contributed by atoms with Crippen molar-refractivity contribution >= 4 is 11.9 Å². The van der Waals surface area contributed by atoms with E-state index >= 15 is 0 Å². The first-order chi connectivity index (χ1) is 8.00. The number of ether oxygens (including phenoxy) is 1. The van der Waals surface area contributed by atoms with Gasteiger partial charge in [-0.2, -0.15) is 0 Å². The number of carboxylic acid groups (broad SMARTS) is 1. The van der Waals surface area contributed by atoms with Crippen LogP contribution >= 0.6 is 0 Å². The van der Waals surface area contributed by atoms with Crippen molar-refractivity contribution in [3.8, 4) is 0 Å². The molecule has 0 spiro atoms. The molecule has 0 radical (unpaired) electrons. The van der Waals surface area contributed by atoms with Gasteiger partial charge in [-0.25, -0.2) is 4.79 Å². The lowest BCUT2D eigenvalue weighted by Gasteiger charge is -2.36. The average Bonchev–Trinajstić information content (AvgIpc) is 2.29. The van der Waals surface area contributed by atoms with Gasteiger partial charge in [0.2, 0.25) is 5.91 Å². The third-order valence-electron chi connectivity index (χ3n) is 3.45. The largest absolute Gasteiger partial charge is 0.480 e. The van der Waals surface area contributed by atoms with Crippen LogP contribution in [0.25, 0.3) is 0 Å². The predicted molar refractivity (Wildman–Crippen MR) is 62.6 cm³/mol. The Labute approximate surface area is 102 Å². The van der Waals surface area contributed by atoms with E-state index in [4.69, 9.17) is 4.74 Å². The number of methoxy groups -OCH3 is 1. The molecule has 0 saturated heterocycles. The normalized spacial score (nSPS) is 28.7. The molecule has 0 bridgehead atoms. The standard InChI is InChI=1S/C12H21NO4/c1-9-3-6-12(7-4-9,11(15)16)13-10(14)5-8-17-2/h9H,3-8H2,1-2H3,(H,13,14)(H,15,16). The summed E-state index contributed by atoms with van der Waals surface area (Å²) in [6.07, 6.45) is 2.93. The minimum absolute atomic E-state index is 0.209. The van der Waals surface area contributed by atoms with E-state index in [0.717, 1.165) is 12.8 Å². The third-order valence-corrected chi connectivity index (χ3v) is 3.45. The first-order valence-corrected chi connectivity index (χ1v) is 6.03. The van der Waals surface area contributed by atoms with Crippen LogP contribution < -0.4 is 5.32 Å². The number of carbonyl (C=O) groups is 2. The summed E-state index contributed by atoms with van der Waals surface area (Å²) in [7, 11) is 1.52. The Morgan fingerprint density at radius 3 is 2.47 bits per heavy atom. The molecule has 0 aromatic rings. The van der Waals surface area contributed by atoms with Crippen LogP contribution in [0.3, 0.4) is 0 Å².